The minimum atomic E-state index is -0.651. The number of aromatic nitrogens is 3. The highest BCUT2D eigenvalue weighted by Crippen LogP contribution is 2.28. The van der Waals surface area contributed by atoms with Crippen molar-refractivity contribution in [3.8, 4) is 11.5 Å². The first-order valence-electron chi connectivity index (χ1n) is 12.2. The normalized spacial score (nSPS) is 11.7. The largest absolute Gasteiger partial charge is 0.497 e. The maximum absolute atomic E-state index is 13.0. The van der Waals surface area contributed by atoms with E-state index in [1.54, 1.807) is 26.2 Å². The predicted molar refractivity (Wildman–Crippen MR) is 147 cm³/mol. The fraction of sp³-hybridized carbons (Fsp3) is 0.296. The lowest BCUT2D eigenvalue weighted by Gasteiger charge is -2.20. The smallest absolute Gasteiger partial charge is 0.359 e. The number of anilines is 1. The van der Waals surface area contributed by atoms with Crippen LogP contribution in [-0.2, 0) is 22.6 Å². The molecule has 0 unspecified atom stereocenters. The molecule has 0 saturated carbocycles. The second-order valence-electron chi connectivity index (χ2n) is 8.93. The van der Waals surface area contributed by atoms with Gasteiger partial charge in [-0.1, -0.05) is 29.8 Å². The van der Waals surface area contributed by atoms with Gasteiger partial charge in [-0.2, -0.15) is 5.10 Å². The van der Waals surface area contributed by atoms with Crippen molar-refractivity contribution in [2.45, 2.75) is 26.2 Å². The zero-order chi connectivity index (χ0) is 28.8. The lowest BCUT2D eigenvalue weighted by molar-refractivity contribution is -0.385. The molecule has 0 saturated heterocycles. The Bertz CT molecular complexity index is 1510. The molecule has 1 atom stereocenters. The number of benzene rings is 2. The van der Waals surface area contributed by atoms with E-state index in [-0.39, 0.29) is 35.5 Å². The van der Waals surface area contributed by atoms with Crippen LogP contribution in [0, 0.1) is 10.1 Å². The number of nitrogens with zero attached hydrogens (tertiary/aromatic N) is 5. The molecular formula is C27H28ClN5O7. The Balaban J connectivity index is 1.40. The molecule has 0 spiro atoms. The van der Waals surface area contributed by atoms with Gasteiger partial charge < -0.3 is 23.8 Å². The van der Waals surface area contributed by atoms with Crippen LogP contribution in [0.2, 0.25) is 5.15 Å². The van der Waals surface area contributed by atoms with Crippen molar-refractivity contribution in [1.82, 2.24) is 14.6 Å². The third kappa shape index (κ3) is 6.58. The van der Waals surface area contributed by atoms with Crippen molar-refractivity contribution in [3.63, 3.8) is 0 Å². The van der Waals surface area contributed by atoms with Crippen LogP contribution in [-0.4, -0.2) is 59.5 Å². The Kier molecular flexibility index (Phi) is 9.02. The van der Waals surface area contributed by atoms with Crippen LogP contribution < -0.4 is 14.4 Å². The quantitative estimate of drug-likeness (QED) is 0.134. The van der Waals surface area contributed by atoms with Crippen LogP contribution in [0.15, 0.2) is 54.7 Å². The Morgan fingerprint density at radius 1 is 1.12 bits per heavy atom. The minimum absolute atomic E-state index is 0.0618. The van der Waals surface area contributed by atoms with Gasteiger partial charge in [0.15, 0.2) is 22.2 Å². The number of esters is 1. The van der Waals surface area contributed by atoms with Crippen LogP contribution in [0.5, 0.6) is 11.5 Å². The molecule has 4 rings (SSSR count). The van der Waals surface area contributed by atoms with Crippen molar-refractivity contribution in [1.29, 1.82) is 0 Å². The minimum Gasteiger partial charge on any atom is -0.497 e. The van der Waals surface area contributed by atoms with E-state index >= 15 is 0 Å². The molecule has 2 aromatic heterocycles. The summed E-state index contributed by atoms with van der Waals surface area (Å²) in [5, 5.41) is 15.7. The first-order chi connectivity index (χ1) is 19.2. The topological polar surface area (TPSA) is 131 Å². The summed E-state index contributed by atoms with van der Waals surface area (Å²) in [7, 11) is 4.87. The number of fused-ring (bicyclic) bond motifs is 1. The van der Waals surface area contributed by atoms with E-state index < -0.39 is 17.0 Å². The fourth-order valence-electron chi connectivity index (χ4n) is 4.02. The third-order valence-electron chi connectivity index (χ3n) is 5.99. The summed E-state index contributed by atoms with van der Waals surface area (Å²) in [6, 6.07) is 13.9. The zero-order valence-electron chi connectivity index (χ0n) is 22.4. The number of carbonyl (C=O) groups is 1. The van der Waals surface area contributed by atoms with Crippen LogP contribution in [0.3, 0.4) is 0 Å². The highest BCUT2D eigenvalue weighted by molar-refractivity contribution is 6.29. The number of nitro benzene ring substituents is 1. The number of carbonyl (C=O) groups excluding carboxylic acids is 1. The number of imidazole rings is 1. The highest BCUT2D eigenvalue weighted by Gasteiger charge is 2.22. The molecule has 4 aromatic rings. The van der Waals surface area contributed by atoms with E-state index in [1.807, 2.05) is 36.2 Å². The number of methoxy groups -OCH3 is 2. The summed E-state index contributed by atoms with van der Waals surface area (Å²) in [5.74, 6) is 0.275. The van der Waals surface area contributed by atoms with E-state index in [0.717, 1.165) is 11.3 Å². The van der Waals surface area contributed by atoms with Gasteiger partial charge in [0.2, 0.25) is 0 Å². The van der Waals surface area contributed by atoms with Gasteiger partial charge in [-0.25, -0.2) is 14.3 Å². The van der Waals surface area contributed by atoms with Crippen molar-refractivity contribution in [2.24, 2.45) is 0 Å². The van der Waals surface area contributed by atoms with Crippen LogP contribution >= 0.6 is 11.6 Å². The molecule has 2 aromatic carbocycles. The van der Waals surface area contributed by atoms with Crippen molar-refractivity contribution < 1.29 is 28.7 Å². The summed E-state index contributed by atoms with van der Waals surface area (Å²) >= 11 is 6.30. The molecule has 0 aliphatic carbocycles. The molecule has 210 valence electrons. The van der Waals surface area contributed by atoms with Crippen molar-refractivity contribution >= 4 is 34.6 Å². The third-order valence-corrected chi connectivity index (χ3v) is 6.17. The maximum atomic E-state index is 13.0. The Morgan fingerprint density at radius 2 is 1.85 bits per heavy atom. The molecule has 0 aliphatic heterocycles. The second kappa shape index (κ2) is 12.6. The molecule has 12 nitrogen and oxygen atoms in total. The molecule has 40 heavy (non-hydrogen) atoms. The summed E-state index contributed by atoms with van der Waals surface area (Å²) < 4.78 is 22.7. The van der Waals surface area contributed by atoms with Crippen LogP contribution in [0.4, 0.5) is 11.4 Å². The Labute approximate surface area is 235 Å². The predicted octanol–water partition coefficient (Wildman–Crippen LogP) is 4.71. The molecule has 13 heteroatoms. The number of hydrogen-bond acceptors (Lipinski definition) is 10. The molecule has 0 bridgehead atoms. The molecule has 2 heterocycles. The van der Waals surface area contributed by atoms with Crippen molar-refractivity contribution in [2.75, 3.05) is 32.8 Å². The fourth-order valence-corrected chi connectivity index (χ4v) is 4.20. The molecule has 0 radical (unpaired) electrons. The highest BCUT2D eigenvalue weighted by atomic mass is 35.5. The molecule has 0 aliphatic rings. The van der Waals surface area contributed by atoms with Gasteiger partial charge >= 0.3 is 11.7 Å². The van der Waals surface area contributed by atoms with E-state index in [2.05, 4.69) is 10.1 Å². The second-order valence-corrected chi connectivity index (χ2v) is 9.32. The Hall–Kier alpha value is -4.42. The average molecular weight is 570 g/mol. The van der Waals surface area contributed by atoms with Gasteiger partial charge in [0.1, 0.15) is 11.9 Å². The van der Waals surface area contributed by atoms with Gasteiger partial charge in [0, 0.05) is 25.7 Å². The number of halogens is 1. The SMILES string of the molecule is COc1ccc(CN(C)c2cc(Cl)nn3c(C(=O)O[C@H](C)COCc4ccc(OC)c([N+](=O)[O-])c4)cnc23)cc1. The van der Waals surface area contributed by atoms with Gasteiger partial charge in [-0.3, -0.25) is 10.1 Å². The van der Waals surface area contributed by atoms with E-state index in [4.69, 9.17) is 30.5 Å². The summed E-state index contributed by atoms with van der Waals surface area (Å²) in [6.07, 6.45) is 0.762. The average Bonchev–Trinajstić information content (AvgIpc) is 3.36. The first-order valence-corrected chi connectivity index (χ1v) is 12.6. The number of ether oxygens (including phenoxy) is 4. The molecule has 0 amide bonds. The van der Waals surface area contributed by atoms with Gasteiger partial charge in [0.25, 0.3) is 0 Å². The molecular weight excluding hydrogens is 542 g/mol. The van der Waals surface area contributed by atoms with Crippen molar-refractivity contribution in [3.05, 3.63) is 86.8 Å². The van der Waals surface area contributed by atoms with Gasteiger partial charge in [0.05, 0.1) is 44.2 Å². The lowest BCUT2D eigenvalue weighted by Crippen LogP contribution is -2.22. The summed E-state index contributed by atoms with van der Waals surface area (Å²) in [4.78, 5) is 30.0. The Morgan fingerprint density at radius 3 is 2.52 bits per heavy atom. The van der Waals surface area contributed by atoms with E-state index in [9.17, 15) is 14.9 Å². The number of hydrogen-bond donors (Lipinski definition) is 0. The summed E-state index contributed by atoms with van der Waals surface area (Å²) in [5.41, 5.74) is 2.69. The molecule has 0 fully saturated rings. The van der Waals surface area contributed by atoms with E-state index in [0.29, 0.717) is 23.4 Å². The first kappa shape index (κ1) is 28.6. The lowest BCUT2D eigenvalue weighted by atomic mass is 10.2. The monoisotopic (exact) mass is 569 g/mol. The number of nitro groups is 1. The summed E-state index contributed by atoms with van der Waals surface area (Å²) in [6.45, 7) is 2.38. The standard InChI is InChI=1S/C27H28ClN5O7/c1-17(15-39-16-19-7-10-24(38-4)21(11-19)33(35)36)40-27(34)23-13-29-26-22(12-25(28)30-32(23)26)31(2)14-18-5-8-20(37-3)9-6-18/h5-13,17H,14-16H2,1-4H3/t17-/m1/s1. The van der Waals surface area contributed by atoms with E-state index in [1.165, 1.54) is 30.0 Å². The van der Waals surface area contributed by atoms with Crippen LogP contribution in [0.1, 0.15) is 28.5 Å². The number of rotatable bonds is 12. The zero-order valence-corrected chi connectivity index (χ0v) is 23.1. The van der Waals surface area contributed by atoms with Gasteiger partial charge in [-0.15, -0.1) is 0 Å². The van der Waals surface area contributed by atoms with Crippen LogP contribution in [0.25, 0.3) is 5.65 Å². The molecule has 0 N–H and O–H groups in total. The maximum Gasteiger partial charge on any atom is 0.359 e. The van der Waals surface area contributed by atoms with Gasteiger partial charge in [-0.05, 0) is 36.2 Å².